The van der Waals surface area contributed by atoms with Gasteiger partial charge in [0, 0.05) is 19.3 Å². The third kappa shape index (κ3) is 13.3. The van der Waals surface area contributed by atoms with Gasteiger partial charge in [0.2, 0.25) is 0 Å². The maximum atomic E-state index is 12.3. The molecule has 0 heterocycles. The molecule has 0 aliphatic heterocycles. The molecular formula is C28H48O6. The fourth-order valence-electron chi connectivity index (χ4n) is 5.17. The van der Waals surface area contributed by atoms with Gasteiger partial charge in [-0.3, -0.25) is 14.4 Å². The van der Waals surface area contributed by atoms with Crippen LogP contribution in [-0.2, 0) is 28.6 Å². The van der Waals surface area contributed by atoms with Crippen molar-refractivity contribution in [2.75, 3.05) is 13.2 Å². The normalized spacial score (nSPS) is 17.5. The van der Waals surface area contributed by atoms with Crippen molar-refractivity contribution >= 4 is 17.9 Å². The van der Waals surface area contributed by atoms with E-state index >= 15 is 0 Å². The molecule has 0 radical (unpaired) electrons. The molecule has 0 amide bonds. The van der Waals surface area contributed by atoms with Gasteiger partial charge in [-0.2, -0.15) is 0 Å². The fraction of sp³-hybridized carbons (Fsp3) is 0.893. The zero-order chi connectivity index (χ0) is 24.4. The van der Waals surface area contributed by atoms with Crippen LogP contribution in [-0.4, -0.2) is 37.2 Å². The van der Waals surface area contributed by atoms with Gasteiger partial charge in [0.05, 0.1) is 0 Å². The predicted octanol–water partition coefficient (Wildman–Crippen LogP) is 6.68. The average molecular weight is 481 g/mol. The third-order valence-electron chi connectivity index (χ3n) is 7.36. The van der Waals surface area contributed by atoms with E-state index < -0.39 is 6.10 Å². The Balaban J connectivity index is 1.71. The lowest BCUT2D eigenvalue weighted by molar-refractivity contribution is -0.167. The monoisotopic (exact) mass is 480 g/mol. The van der Waals surface area contributed by atoms with Crippen molar-refractivity contribution < 1.29 is 28.6 Å². The largest absolute Gasteiger partial charge is 0.462 e. The SMILES string of the molecule is CCCCCCC(=O)OC(COC(=O)CCC1CCCCC1)COC(=O)CCC1CCCCC1. The number of hydrogen-bond donors (Lipinski definition) is 0. The lowest BCUT2D eigenvalue weighted by Crippen LogP contribution is -2.31. The third-order valence-corrected chi connectivity index (χ3v) is 7.36. The summed E-state index contributed by atoms with van der Waals surface area (Å²) in [7, 11) is 0. The van der Waals surface area contributed by atoms with Crippen LogP contribution in [0.5, 0.6) is 0 Å². The van der Waals surface area contributed by atoms with Crippen molar-refractivity contribution in [3.05, 3.63) is 0 Å². The summed E-state index contributed by atoms with van der Waals surface area (Å²) in [5.74, 6) is 0.375. The Morgan fingerprint density at radius 2 is 1.15 bits per heavy atom. The number of rotatable bonds is 16. The van der Waals surface area contributed by atoms with Crippen LogP contribution in [0.15, 0.2) is 0 Å². The Morgan fingerprint density at radius 1 is 0.647 bits per heavy atom. The molecule has 34 heavy (non-hydrogen) atoms. The molecule has 0 bridgehead atoms. The molecule has 0 unspecified atom stereocenters. The first-order chi connectivity index (χ1) is 16.6. The van der Waals surface area contributed by atoms with Gasteiger partial charge >= 0.3 is 17.9 Å². The van der Waals surface area contributed by atoms with E-state index in [2.05, 4.69) is 6.92 Å². The Hall–Kier alpha value is -1.59. The smallest absolute Gasteiger partial charge is 0.306 e. The summed E-state index contributed by atoms with van der Waals surface area (Å²) >= 11 is 0. The molecule has 2 aliphatic rings. The summed E-state index contributed by atoms with van der Waals surface area (Å²) in [5.41, 5.74) is 0. The first-order valence-corrected chi connectivity index (χ1v) is 14.1. The number of esters is 3. The minimum atomic E-state index is -0.740. The van der Waals surface area contributed by atoms with Crippen LogP contribution in [0.4, 0.5) is 0 Å². The number of hydrogen-bond acceptors (Lipinski definition) is 6. The van der Waals surface area contributed by atoms with E-state index in [-0.39, 0.29) is 31.1 Å². The second-order valence-corrected chi connectivity index (χ2v) is 10.4. The lowest BCUT2D eigenvalue weighted by atomic mass is 9.86. The molecule has 2 aliphatic carbocycles. The highest BCUT2D eigenvalue weighted by atomic mass is 16.6. The van der Waals surface area contributed by atoms with Gasteiger partial charge in [-0.15, -0.1) is 0 Å². The molecule has 0 N–H and O–H groups in total. The first-order valence-electron chi connectivity index (χ1n) is 14.1. The van der Waals surface area contributed by atoms with Crippen molar-refractivity contribution in [3.8, 4) is 0 Å². The average Bonchev–Trinajstić information content (AvgIpc) is 2.87. The van der Waals surface area contributed by atoms with Gasteiger partial charge in [0.25, 0.3) is 0 Å². The summed E-state index contributed by atoms with van der Waals surface area (Å²) in [4.78, 5) is 36.8. The lowest BCUT2D eigenvalue weighted by Gasteiger charge is -2.22. The number of carbonyl (C=O) groups excluding carboxylic acids is 3. The molecule has 196 valence electrons. The van der Waals surface area contributed by atoms with E-state index in [1.54, 1.807) is 0 Å². The highest BCUT2D eigenvalue weighted by Crippen LogP contribution is 2.28. The van der Waals surface area contributed by atoms with E-state index in [4.69, 9.17) is 14.2 Å². The topological polar surface area (TPSA) is 78.9 Å². The second kappa shape index (κ2) is 17.8. The highest BCUT2D eigenvalue weighted by molar-refractivity contribution is 5.71. The quantitative estimate of drug-likeness (QED) is 0.139. The molecule has 2 rings (SSSR count). The van der Waals surface area contributed by atoms with E-state index in [0.717, 1.165) is 38.5 Å². The van der Waals surface area contributed by atoms with Gasteiger partial charge in [0.15, 0.2) is 6.10 Å². The molecule has 2 saturated carbocycles. The van der Waals surface area contributed by atoms with E-state index in [9.17, 15) is 14.4 Å². The molecule has 6 nitrogen and oxygen atoms in total. The van der Waals surface area contributed by atoms with E-state index in [1.165, 1.54) is 64.2 Å². The summed E-state index contributed by atoms with van der Waals surface area (Å²) in [6.45, 7) is 2.01. The van der Waals surface area contributed by atoms with Crippen LogP contribution < -0.4 is 0 Å². The number of carbonyl (C=O) groups is 3. The van der Waals surface area contributed by atoms with Crippen molar-refractivity contribution in [2.45, 2.75) is 135 Å². The molecule has 0 aromatic carbocycles. The highest BCUT2D eigenvalue weighted by Gasteiger charge is 2.21. The summed E-state index contributed by atoms with van der Waals surface area (Å²) < 4.78 is 16.4. The minimum absolute atomic E-state index is 0.0555. The van der Waals surface area contributed by atoms with Crippen LogP contribution in [0, 0.1) is 11.8 Å². The van der Waals surface area contributed by atoms with Gasteiger partial charge in [-0.25, -0.2) is 0 Å². The molecule has 6 heteroatoms. The van der Waals surface area contributed by atoms with Crippen LogP contribution in [0.3, 0.4) is 0 Å². The Bertz CT molecular complexity index is 539. The van der Waals surface area contributed by atoms with E-state index in [1.807, 2.05) is 0 Å². The molecule has 0 aromatic heterocycles. The van der Waals surface area contributed by atoms with E-state index in [0.29, 0.717) is 31.1 Å². The van der Waals surface area contributed by atoms with Gasteiger partial charge in [-0.1, -0.05) is 90.4 Å². The van der Waals surface area contributed by atoms with Gasteiger partial charge in [-0.05, 0) is 31.1 Å². The summed E-state index contributed by atoms with van der Waals surface area (Å²) in [6, 6.07) is 0. The van der Waals surface area contributed by atoms with Gasteiger partial charge in [0.1, 0.15) is 13.2 Å². The molecule has 0 aromatic rings. The Morgan fingerprint density at radius 3 is 1.62 bits per heavy atom. The molecule has 0 atom stereocenters. The minimum Gasteiger partial charge on any atom is -0.462 e. The summed E-state index contributed by atoms with van der Waals surface area (Å²) in [6.07, 6.45) is 18.4. The standard InChI is InChI=1S/C28H48O6/c1-2-3-4-11-16-28(31)34-25(21-32-26(29)19-17-23-12-7-5-8-13-23)22-33-27(30)20-18-24-14-9-6-10-15-24/h23-25H,2-22H2,1H3. The van der Waals surface area contributed by atoms with Gasteiger partial charge < -0.3 is 14.2 Å². The number of ether oxygens (including phenoxy) is 3. The Kier molecular flexibility index (Phi) is 15.0. The van der Waals surface area contributed by atoms with Crippen LogP contribution in [0.25, 0.3) is 0 Å². The maximum absolute atomic E-state index is 12.3. The first kappa shape index (κ1) is 28.6. The zero-order valence-corrected chi connectivity index (χ0v) is 21.5. The molecule has 0 spiro atoms. The predicted molar refractivity (Wildman–Crippen MR) is 132 cm³/mol. The van der Waals surface area contributed by atoms with Crippen LogP contribution in [0.2, 0.25) is 0 Å². The second-order valence-electron chi connectivity index (χ2n) is 10.4. The molecule has 0 saturated heterocycles. The van der Waals surface area contributed by atoms with Crippen molar-refractivity contribution in [1.82, 2.24) is 0 Å². The van der Waals surface area contributed by atoms with Crippen molar-refractivity contribution in [1.29, 1.82) is 0 Å². The fourth-order valence-corrected chi connectivity index (χ4v) is 5.17. The van der Waals surface area contributed by atoms with Crippen LogP contribution >= 0.6 is 0 Å². The number of unbranched alkanes of at least 4 members (excludes halogenated alkanes) is 3. The van der Waals surface area contributed by atoms with Crippen molar-refractivity contribution in [3.63, 3.8) is 0 Å². The van der Waals surface area contributed by atoms with Crippen LogP contribution in [0.1, 0.15) is 129 Å². The zero-order valence-electron chi connectivity index (χ0n) is 21.5. The molecule has 2 fully saturated rings. The van der Waals surface area contributed by atoms with Crippen molar-refractivity contribution in [2.24, 2.45) is 11.8 Å². The summed E-state index contributed by atoms with van der Waals surface area (Å²) in [5, 5.41) is 0. The molecular weight excluding hydrogens is 432 g/mol. The Labute approximate surface area is 206 Å². The maximum Gasteiger partial charge on any atom is 0.306 e.